The molecule has 5 atom stereocenters. The van der Waals surface area contributed by atoms with Crippen LogP contribution < -0.4 is 0 Å². The van der Waals surface area contributed by atoms with Crippen LogP contribution in [-0.2, 0) is 16.0 Å². The summed E-state index contributed by atoms with van der Waals surface area (Å²) in [7, 11) is 0. The summed E-state index contributed by atoms with van der Waals surface area (Å²) in [6.07, 6.45) is 15.1. The first-order chi connectivity index (χ1) is 17.6. The van der Waals surface area contributed by atoms with Crippen LogP contribution >= 0.6 is 0 Å². The number of Topliss-reactive ketones (excluding diaryl/α,β-unsaturated/α-hetero) is 1. The summed E-state index contributed by atoms with van der Waals surface area (Å²) in [5.41, 5.74) is 2.61. The van der Waals surface area contributed by atoms with Gasteiger partial charge in [0.15, 0.2) is 17.6 Å². The summed E-state index contributed by atoms with van der Waals surface area (Å²) < 4.78 is 5.43. The van der Waals surface area contributed by atoms with Gasteiger partial charge in [-0.25, -0.2) is 0 Å². The fraction of sp³-hybridized carbons (Fsp3) is 0.406. The Bertz CT molecular complexity index is 1060. The number of aliphatic hydroxyl groups is 3. The van der Waals surface area contributed by atoms with Gasteiger partial charge in [0.1, 0.15) is 0 Å². The molecular weight excluding hydrogens is 464 g/mol. The van der Waals surface area contributed by atoms with Crippen molar-refractivity contribution < 1.29 is 24.9 Å². The van der Waals surface area contributed by atoms with Crippen molar-refractivity contribution in [2.45, 2.75) is 72.2 Å². The number of hydrogen-bond donors (Lipinski definition) is 3. The van der Waals surface area contributed by atoms with E-state index in [1.54, 1.807) is 32.1 Å². The zero-order valence-corrected chi connectivity index (χ0v) is 22.7. The Morgan fingerprint density at radius 3 is 2.49 bits per heavy atom. The van der Waals surface area contributed by atoms with E-state index in [1.165, 1.54) is 5.56 Å². The minimum atomic E-state index is -0.753. The summed E-state index contributed by atoms with van der Waals surface area (Å²) in [5, 5.41) is 30.9. The lowest BCUT2D eigenvalue weighted by Gasteiger charge is -2.23. The molecule has 5 nitrogen and oxygen atoms in total. The second-order valence-electron chi connectivity index (χ2n) is 9.86. The van der Waals surface area contributed by atoms with E-state index in [0.717, 1.165) is 18.4 Å². The second-order valence-corrected chi connectivity index (χ2v) is 9.86. The van der Waals surface area contributed by atoms with Gasteiger partial charge in [-0.3, -0.25) is 4.79 Å². The molecule has 5 unspecified atom stereocenters. The van der Waals surface area contributed by atoms with Gasteiger partial charge >= 0.3 is 0 Å². The number of rotatable bonds is 12. The second kappa shape index (κ2) is 15.2. The Morgan fingerprint density at radius 2 is 1.78 bits per heavy atom. The third-order valence-corrected chi connectivity index (χ3v) is 6.61. The number of aryl methyl sites for hydroxylation is 1. The number of benzene rings is 1. The van der Waals surface area contributed by atoms with Crippen LogP contribution in [0.4, 0.5) is 0 Å². The highest BCUT2D eigenvalue weighted by Gasteiger charge is 2.28. The number of hydrogen-bond acceptors (Lipinski definition) is 5. The Morgan fingerprint density at radius 1 is 1.08 bits per heavy atom. The molecule has 3 N–H and O–H groups in total. The van der Waals surface area contributed by atoms with E-state index >= 15 is 0 Å². The van der Waals surface area contributed by atoms with Crippen molar-refractivity contribution in [1.29, 1.82) is 0 Å². The van der Waals surface area contributed by atoms with Crippen LogP contribution in [0.3, 0.4) is 0 Å². The largest absolute Gasteiger partial charge is 0.504 e. The molecule has 0 radical (unpaired) electrons. The molecule has 1 heterocycles. The van der Waals surface area contributed by atoms with Gasteiger partial charge in [0.25, 0.3) is 0 Å². The Hall–Kier alpha value is -3.15. The maximum atomic E-state index is 11.8. The molecule has 0 fully saturated rings. The maximum absolute atomic E-state index is 11.8. The summed E-state index contributed by atoms with van der Waals surface area (Å²) in [5.74, 6) is 0.0731. The summed E-state index contributed by atoms with van der Waals surface area (Å²) in [4.78, 5) is 11.8. The van der Waals surface area contributed by atoms with E-state index in [0.29, 0.717) is 0 Å². The van der Waals surface area contributed by atoms with Crippen molar-refractivity contribution in [3.05, 3.63) is 107 Å². The zero-order chi connectivity index (χ0) is 27.4. The van der Waals surface area contributed by atoms with Gasteiger partial charge < -0.3 is 20.1 Å². The first kappa shape index (κ1) is 30.1. The van der Waals surface area contributed by atoms with E-state index in [1.807, 2.05) is 62.4 Å². The number of allylic oxidation sites excluding steroid dienone is 6. The van der Waals surface area contributed by atoms with Gasteiger partial charge in [-0.15, -0.1) is 0 Å². The van der Waals surface area contributed by atoms with Crippen LogP contribution in [0.15, 0.2) is 102 Å². The molecule has 5 heteroatoms. The van der Waals surface area contributed by atoms with Gasteiger partial charge in [0.2, 0.25) is 5.78 Å². The third-order valence-electron chi connectivity index (χ3n) is 6.61. The average molecular weight is 507 g/mol. The molecule has 200 valence electrons. The van der Waals surface area contributed by atoms with Crippen molar-refractivity contribution in [3.63, 3.8) is 0 Å². The van der Waals surface area contributed by atoms with Crippen LogP contribution in [0, 0.1) is 11.8 Å². The van der Waals surface area contributed by atoms with Crippen LogP contribution in [0.2, 0.25) is 0 Å². The quantitative estimate of drug-likeness (QED) is 0.289. The molecule has 0 saturated carbocycles. The highest BCUT2D eigenvalue weighted by atomic mass is 16.5. The molecule has 37 heavy (non-hydrogen) atoms. The summed E-state index contributed by atoms with van der Waals surface area (Å²) >= 11 is 0. The van der Waals surface area contributed by atoms with Crippen LogP contribution in [0.25, 0.3) is 0 Å². The standard InChI is InChI=1S/C32H42O5/c1-22(13-11-14-23(2)30(34)24(3)18-19-27-15-7-6-8-16-27)12-9-10-17-28(33)20-21-29-32(36)25(4)31(35)26(5)37-29/h6-17,21,23-24,26,28,30,33-34,36H,18-20H2,1-5H3/b12-9+,14-11+,17-10+,22-13+,29-21-. The van der Waals surface area contributed by atoms with Crippen molar-refractivity contribution >= 4 is 5.78 Å². The van der Waals surface area contributed by atoms with Gasteiger partial charge in [0, 0.05) is 11.5 Å². The predicted molar refractivity (Wildman–Crippen MR) is 150 cm³/mol. The van der Waals surface area contributed by atoms with E-state index in [4.69, 9.17) is 4.74 Å². The number of aliphatic hydroxyl groups excluding tert-OH is 3. The molecule has 0 bridgehead atoms. The Kier molecular flexibility index (Phi) is 12.3. The molecule has 1 aliphatic heterocycles. The Balaban J connectivity index is 1.79. The average Bonchev–Trinajstić information content (AvgIpc) is 2.89. The SMILES string of the molecule is CC1=C(O)/C(=C/CC(O)/C=C/C=C/C(C)=C/C=C/C(C)C(O)C(C)CCc2ccccc2)OC(C)C1=O. The molecule has 1 aromatic carbocycles. The van der Waals surface area contributed by atoms with E-state index in [-0.39, 0.29) is 41.1 Å². The molecule has 1 aromatic rings. The van der Waals surface area contributed by atoms with Crippen LogP contribution in [-0.4, -0.2) is 39.4 Å². The predicted octanol–water partition coefficient (Wildman–Crippen LogP) is 6.32. The first-order valence-electron chi connectivity index (χ1n) is 13.0. The normalized spacial score (nSPS) is 21.7. The number of carbonyl (C=O) groups excluding carboxylic acids is 1. The van der Waals surface area contributed by atoms with Gasteiger partial charge in [0.05, 0.1) is 12.2 Å². The highest BCUT2D eigenvalue weighted by Crippen LogP contribution is 2.24. The third kappa shape index (κ3) is 10.0. The fourth-order valence-corrected chi connectivity index (χ4v) is 4.04. The molecule has 0 aromatic heterocycles. The molecule has 0 spiro atoms. The molecule has 1 aliphatic rings. The molecule has 0 aliphatic carbocycles. The van der Waals surface area contributed by atoms with E-state index in [2.05, 4.69) is 19.1 Å². The lowest BCUT2D eigenvalue weighted by atomic mass is 9.88. The van der Waals surface area contributed by atoms with Crippen molar-refractivity contribution in [3.8, 4) is 0 Å². The zero-order valence-electron chi connectivity index (χ0n) is 22.7. The van der Waals surface area contributed by atoms with Crippen LogP contribution in [0.1, 0.15) is 53.0 Å². The maximum Gasteiger partial charge on any atom is 0.202 e. The van der Waals surface area contributed by atoms with Crippen molar-refractivity contribution in [2.75, 3.05) is 0 Å². The van der Waals surface area contributed by atoms with Gasteiger partial charge in [-0.2, -0.15) is 0 Å². The minimum absolute atomic E-state index is 0.0512. The molecule has 0 amide bonds. The number of carbonyl (C=O) groups is 1. The first-order valence-corrected chi connectivity index (χ1v) is 13.0. The minimum Gasteiger partial charge on any atom is -0.504 e. The van der Waals surface area contributed by atoms with Gasteiger partial charge in [-0.1, -0.05) is 92.3 Å². The number of ketones is 1. The molecular formula is C32H42O5. The molecule has 2 rings (SSSR count). The monoisotopic (exact) mass is 506 g/mol. The summed E-state index contributed by atoms with van der Waals surface area (Å²) in [6.45, 7) is 9.32. The topological polar surface area (TPSA) is 87.0 Å². The van der Waals surface area contributed by atoms with Crippen LogP contribution in [0.5, 0.6) is 0 Å². The van der Waals surface area contributed by atoms with E-state index in [9.17, 15) is 20.1 Å². The molecule has 0 saturated heterocycles. The van der Waals surface area contributed by atoms with Crippen molar-refractivity contribution in [1.82, 2.24) is 0 Å². The highest BCUT2D eigenvalue weighted by molar-refractivity contribution is 6.00. The van der Waals surface area contributed by atoms with Gasteiger partial charge in [-0.05, 0) is 57.6 Å². The Labute approximate surface area is 221 Å². The van der Waals surface area contributed by atoms with E-state index < -0.39 is 18.3 Å². The smallest absolute Gasteiger partial charge is 0.202 e. The van der Waals surface area contributed by atoms with Crippen molar-refractivity contribution in [2.24, 2.45) is 11.8 Å². The fourth-order valence-electron chi connectivity index (χ4n) is 4.04. The lowest BCUT2D eigenvalue weighted by molar-refractivity contribution is -0.125. The summed E-state index contributed by atoms with van der Waals surface area (Å²) in [6, 6.07) is 10.4. The number of ether oxygens (including phenoxy) is 1. The lowest BCUT2D eigenvalue weighted by Crippen LogP contribution is -2.28.